The second-order valence-electron chi connectivity index (χ2n) is 6.48. The fraction of sp³-hybridized carbons (Fsp3) is 0.250. The SMILES string of the molecule is C=C(C)[C@@H](CC(=O)c1ccccc1)[Si](C)(C)c1ccccc1. The first-order valence-electron chi connectivity index (χ1n) is 7.72. The molecular formula is C20H24OSi. The third-order valence-electron chi connectivity index (χ3n) is 4.47. The van der Waals surface area contributed by atoms with Crippen molar-refractivity contribution in [2.75, 3.05) is 0 Å². The van der Waals surface area contributed by atoms with Gasteiger partial charge in [-0.3, -0.25) is 4.79 Å². The van der Waals surface area contributed by atoms with Crippen molar-refractivity contribution in [2.24, 2.45) is 0 Å². The predicted molar refractivity (Wildman–Crippen MR) is 97.5 cm³/mol. The summed E-state index contributed by atoms with van der Waals surface area (Å²) in [7, 11) is -1.79. The van der Waals surface area contributed by atoms with E-state index in [0.29, 0.717) is 6.42 Å². The lowest BCUT2D eigenvalue weighted by Crippen LogP contribution is -2.46. The van der Waals surface area contributed by atoms with Crippen LogP contribution < -0.4 is 5.19 Å². The highest BCUT2D eigenvalue weighted by Gasteiger charge is 2.35. The molecule has 22 heavy (non-hydrogen) atoms. The maximum Gasteiger partial charge on any atom is 0.163 e. The van der Waals surface area contributed by atoms with Crippen molar-refractivity contribution in [3.05, 3.63) is 78.4 Å². The van der Waals surface area contributed by atoms with Gasteiger partial charge in [0, 0.05) is 12.0 Å². The van der Waals surface area contributed by atoms with Gasteiger partial charge in [0.25, 0.3) is 0 Å². The Labute approximate surface area is 134 Å². The Hall–Kier alpha value is -1.93. The van der Waals surface area contributed by atoms with E-state index >= 15 is 0 Å². The molecule has 0 aliphatic heterocycles. The number of rotatable bonds is 6. The molecule has 0 aliphatic carbocycles. The minimum absolute atomic E-state index is 0.213. The van der Waals surface area contributed by atoms with Crippen molar-refractivity contribution in [1.82, 2.24) is 0 Å². The molecule has 0 amide bonds. The highest BCUT2D eigenvalue weighted by atomic mass is 28.3. The van der Waals surface area contributed by atoms with E-state index in [2.05, 4.69) is 50.9 Å². The zero-order valence-electron chi connectivity index (χ0n) is 13.7. The second kappa shape index (κ2) is 6.88. The van der Waals surface area contributed by atoms with Gasteiger partial charge in [0.15, 0.2) is 5.78 Å². The molecule has 2 aromatic rings. The van der Waals surface area contributed by atoms with Gasteiger partial charge in [0.05, 0.1) is 8.07 Å². The predicted octanol–water partition coefficient (Wildman–Crippen LogP) is 4.82. The summed E-state index contributed by atoms with van der Waals surface area (Å²) in [6, 6.07) is 20.2. The molecule has 0 spiro atoms. The molecule has 0 radical (unpaired) electrons. The average Bonchev–Trinajstić information content (AvgIpc) is 2.53. The molecule has 1 nitrogen and oxygen atoms in total. The lowest BCUT2D eigenvalue weighted by molar-refractivity contribution is 0.0982. The fourth-order valence-electron chi connectivity index (χ4n) is 3.04. The Morgan fingerprint density at radius 1 is 1.00 bits per heavy atom. The summed E-state index contributed by atoms with van der Waals surface area (Å²) in [6.07, 6.45) is 0.549. The van der Waals surface area contributed by atoms with E-state index in [-0.39, 0.29) is 11.3 Å². The number of ketones is 1. The summed E-state index contributed by atoms with van der Waals surface area (Å²) in [4.78, 5) is 12.6. The largest absolute Gasteiger partial charge is 0.294 e. The van der Waals surface area contributed by atoms with E-state index in [4.69, 9.17) is 0 Å². The lowest BCUT2D eigenvalue weighted by Gasteiger charge is -2.33. The first-order chi connectivity index (χ1) is 10.4. The van der Waals surface area contributed by atoms with E-state index in [1.807, 2.05) is 36.4 Å². The average molecular weight is 308 g/mol. The van der Waals surface area contributed by atoms with Gasteiger partial charge in [0.1, 0.15) is 0 Å². The zero-order chi connectivity index (χ0) is 16.2. The molecule has 0 unspecified atom stereocenters. The van der Waals surface area contributed by atoms with Crippen LogP contribution in [0.2, 0.25) is 18.6 Å². The van der Waals surface area contributed by atoms with Gasteiger partial charge in [-0.15, -0.1) is 6.58 Å². The van der Waals surface area contributed by atoms with Gasteiger partial charge in [-0.05, 0) is 12.5 Å². The second-order valence-corrected chi connectivity index (χ2v) is 11.2. The van der Waals surface area contributed by atoms with Crippen molar-refractivity contribution in [1.29, 1.82) is 0 Å². The molecule has 0 N–H and O–H groups in total. The first-order valence-corrected chi connectivity index (χ1v) is 10.8. The monoisotopic (exact) mass is 308 g/mol. The quantitative estimate of drug-likeness (QED) is 0.425. The smallest absolute Gasteiger partial charge is 0.163 e. The molecule has 2 aromatic carbocycles. The Bertz CT molecular complexity index is 644. The molecule has 2 heteroatoms. The number of benzene rings is 2. The number of carbonyl (C=O) groups is 1. The van der Waals surface area contributed by atoms with Crippen LogP contribution in [-0.2, 0) is 0 Å². The van der Waals surface area contributed by atoms with Gasteiger partial charge in [-0.2, -0.15) is 0 Å². The van der Waals surface area contributed by atoms with E-state index < -0.39 is 8.07 Å². The summed E-state index contributed by atoms with van der Waals surface area (Å²) in [5.74, 6) is 0.213. The summed E-state index contributed by atoms with van der Waals surface area (Å²) >= 11 is 0. The summed E-state index contributed by atoms with van der Waals surface area (Å²) in [6.45, 7) is 10.9. The van der Waals surface area contributed by atoms with Crippen molar-refractivity contribution in [2.45, 2.75) is 32.0 Å². The molecule has 0 saturated carbocycles. The molecule has 0 aliphatic rings. The minimum atomic E-state index is -1.79. The lowest BCUT2D eigenvalue weighted by atomic mass is 10.0. The molecule has 114 valence electrons. The molecule has 2 rings (SSSR count). The van der Waals surface area contributed by atoms with Crippen LogP contribution in [0.3, 0.4) is 0 Å². The van der Waals surface area contributed by atoms with Gasteiger partial charge in [0.2, 0.25) is 0 Å². The van der Waals surface area contributed by atoms with Crippen LogP contribution in [0.1, 0.15) is 23.7 Å². The Kier molecular flexibility index (Phi) is 5.14. The van der Waals surface area contributed by atoms with Crippen LogP contribution in [0.5, 0.6) is 0 Å². The van der Waals surface area contributed by atoms with Gasteiger partial charge in [-0.25, -0.2) is 0 Å². The van der Waals surface area contributed by atoms with Gasteiger partial charge in [-0.1, -0.05) is 84.5 Å². The van der Waals surface area contributed by atoms with Crippen LogP contribution >= 0.6 is 0 Å². The summed E-state index contributed by atoms with van der Waals surface area (Å²) in [5, 5.41) is 1.38. The molecule has 0 bridgehead atoms. The van der Waals surface area contributed by atoms with Crippen molar-refractivity contribution in [3.8, 4) is 0 Å². The van der Waals surface area contributed by atoms with Crippen LogP contribution in [-0.4, -0.2) is 13.9 Å². The summed E-state index contributed by atoms with van der Waals surface area (Å²) in [5.41, 5.74) is 2.17. The first kappa shape index (κ1) is 16.4. The van der Waals surface area contributed by atoms with Gasteiger partial charge >= 0.3 is 0 Å². The Balaban J connectivity index is 2.27. The van der Waals surface area contributed by atoms with E-state index in [1.165, 1.54) is 5.19 Å². The summed E-state index contributed by atoms with van der Waals surface area (Å²) < 4.78 is 0. The number of allylic oxidation sites excluding steroid dienone is 1. The minimum Gasteiger partial charge on any atom is -0.294 e. The maximum absolute atomic E-state index is 12.6. The molecule has 0 heterocycles. The highest BCUT2D eigenvalue weighted by Crippen LogP contribution is 2.33. The van der Waals surface area contributed by atoms with Crippen molar-refractivity contribution < 1.29 is 4.79 Å². The van der Waals surface area contributed by atoms with Crippen molar-refractivity contribution in [3.63, 3.8) is 0 Å². The topological polar surface area (TPSA) is 17.1 Å². The molecule has 0 aromatic heterocycles. The normalized spacial score (nSPS) is 12.7. The third-order valence-corrected chi connectivity index (χ3v) is 8.73. The van der Waals surface area contributed by atoms with Crippen LogP contribution in [0, 0.1) is 0 Å². The number of Topliss-reactive ketones (excluding diaryl/α,β-unsaturated/α-hetero) is 1. The molecule has 1 atom stereocenters. The third kappa shape index (κ3) is 3.63. The number of hydrogen-bond acceptors (Lipinski definition) is 1. The molecule has 0 saturated heterocycles. The highest BCUT2D eigenvalue weighted by molar-refractivity contribution is 6.91. The van der Waals surface area contributed by atoms with E-state index in [1.54, 1.807) is 0 Å². The molecule has 0 fully saturated rings. The van der Waals surface area contributed by atoms with Crippen LogP contribution in [0.25, 0.3) is 0 Å². The van der Waals surface area contributed by atoms with E-state index in [9.17, 15) is 4.79 Å². The fourth-order valence-corrected chi connectivity index (χ4v) is 6.42. The zero-order valence-corrected chi connectivity index (χ0v) is 14.7. The number of hydrogen-bond donors (Lipinski definition) is 0. The maximum atomic E-state index is 12.6. The van der Waals surface area contributed by atoms with Crippen molar-refractivity contribution >= 4 is 19.0 Å². The van der Waals surface area contributed by atoms with Gasteiger partial charge < -0.3 is 0 Å². The van der Waals surface area contributed by atoms with Crippen LogP contribution in [0.4, 0.5) is 0 Å². The van der Waals surface area contributed by atoms with E-state index in [0.717, 1.165) is 11.1 Å². The van der Waals surface area contributed by atoms with Crippen LogP contribution in [0.15, 0.2) is 72.8 Å². The molecular weight excluding hydrogens is 284 g/mol. The standard InChI is InChI=1S/C20H24OSi/c1-16(2)20(15-19(21)17-11-7-5-8-12-17)22(3,4)18-13-9-6-10-14-18/h5-14,20H,1,15H2,2-4H3/t20-/m1/s1. The Morgan fingerprint density at radius 3 is 2.00 bits per heavy atom. The Morgan fingerprint density at radius 2 is 1.50 bits per heavy atom. The number of carbonyl (C=O) groups excluding carboxylic acids is 1.